The highest BCUT2D eigenvalue weighted by atomic mass is 19.1. The van der Waals surface area contributed by atoms with E-state index in [-0.39, 0.29) is 23.4 Å². The molecule has 0 heterocycles. The summed E-state index contributed by atoms with van der Waals surface area (Å²) in [6.07, 6.45) is -0.635. The number of hydrogen-bond acceptors (Lipinski definition) is 4. The third-order valence-electron chi connectivity index (χ3n) is 3.14. The standard InChI is InChI=1S/C17H16FN3O4/c1-2-25-17(24)21-11-5-3-4-10(8-11)16(23)20-12-6-7-14(18)13(9-12)15(19)22/h3-9H,2H2,1H3,(H2,19,22)(H,20,23)(H,21,24). The summed E-state index contributed by atoms with van der Waals surface area (Å²) in [6.45, 7) is 1.89. The van der Waals surface area contributed by atoms with Crippen LogP contribution in [0.1, 0.15) is 27.6 Å². The molecule has 25 heavy (non-hydrogen) atoms. The topological polar surface area (TPSA) is 111 Å². The minimum atomic E-state index is -0.936. The molecule has 0 unspecified atom stereocenters. The lowest BCUT2D eigenvalue weighted by Crippen LogP contribution is -2.17. The second-order valence-corrected chi connectivity index (χ2v) is 4.94. The van der Waals surface area contributed by atoms with Gasteiger partial charge in [0.25, 0.3) is 11.8 Å². The van der Waals surface area contributed by atoms with Crippen LogP contribution in [0, 0.1) is 5.82 Å². The van der Waals surface area contributed by atoms with Gasteiger partial charge in [-0.1, -0.05) is 6.07 Å². The number of carbonyl (C=O) groups excluding carboxylic acids is 3. The second kappa shape index (κ2) is 7.91. The average Bonchev–Trinajstić information content (AvgIpc) is 2.56. The molecule has 0 bridgehead atoms. The summed E-state index contributed by atoms with van der Waals surface area (Å²) in [5, 5.41) is 5.01. The van der Waals surface area contributed by atoms with Crippen LogP contribution < -0.4 is 16.4 Å². The largest absolute Gasteiger partial charge is 0.450 e. The van der Waals surface area contributed by atoms with Crippen molar-refractivity contribution in [2.45, 2.75) is 6.92 Å². The number of primary amides is 1. The quantitative estimate of drug-likeness (QED) is 0.774. The zero-order valence-corrected chi connectivity index (χ0v) is 13.3. The van der Waals surface area contributed by atoms with E-state index in [2.05, 4.69) is 10.6 Å². The summed E-state index contributed by atoms with van der Waals surface area (Å²) < 4.78 is 18.2. The SMILES string of the molecule is CCOC(=O)Nc1cccc(C(=O)Nc2ccc(F)c(C(N)=O)c2)c1. The molecule has 0 aliphatic rings. The van der Waals surface area contributed by atoms with Gasteiger partial charge in [-0.15, -0.1) is 0 Å². The number of carbonyl (C=O) groups is 3. The fourth-order valence-electron chi connectivity index (χ4n) is 2.02. The van der Waals surface area contributed by atoms with Crippen LogP contribution in [-0.2, 0) is 4.74 Å². The third kappa shape index (κ3) is 4.77. The summed E-state index contributed by atoms with van der Waals surface area (Å²) >= 11 is 0. The van der Waals surface area contributed by atoms with Gasteiger partial charge in [0.1, 0.15) is 5.82 Å². The first-order valence-corrected chi connectivity index (χ1v) is 7.35. The van der Waals surface area contributed by atoms with Crippen molar-refractivity contribution >= 4 is 29.3 Å². The van der Waals surface area contributed by atoms with Gasteiger partial charge in [0.2, 0.25) is 0 Å². The molecule has 0 saturated heterocycles. The molecule has 0 fully saturated rings. The number of amides is 3. The molecule has 3 amide bonds. The molecule has 2 aromatic rings. The van der Waals surface area contributed by atoms with Crippen molar-refractivity contribution in [1.29, 1.82) is 0 Å². The Morgan fingerprint density at radius 1 is 1.08 bits per heavy atom. The molecule has 0 aromatic heterocycles. The minimum Gasteiger partial charge on any atom is -0.450 e. The summed E-state index contributed by atoms with van der Waals surface area (Å²) in [5.41, 5.74) is 5.59. The van der Waals surface area contributed by atoms with E-state index in [1.165, 1.54) is 18.2 Å². The predicted octanol–water partition coefficient (Wildman–Crippen LogP) is 2.75. The van der Waals surface area contributed by atoms with Crippen LogP contribution in [0.5, 0.6) is 0 Å². The molecular formula is C17H16FN3O4. The highest BCUT2D eigenvalue weighted by Gasteiger charge is 2.12. The maximum atomic E-state index is 13.5. The fourth-order valence-corrected chi connectivity index (χ4v) is 2.02. The van der Waals surface area contributed by atoms with E-state index in [4.69, 9.17) is 10.5 Å². The first kappa shape index (κ1) is 17.9. The van der Waals surface area contributed by atoms with Gasteiger partial charge in [-0.3, -0.25) is 14.9 Å². The van der Waals surface area contributed by atoms with Crippen LogP contribution >= 0.6 is 0 Å². The van der Waals surface area contributed by atoms with Crippen molar-refractivity contribution in [1.82, 2.24) is 0 Å². The van der Waals surface area contributed by atoms with Crippen LogP contribution in [0.15, 0.2) is 42.5 Å². The van der Waals surface area contributed by atoms with E-state index >= 15 is 0 Å². The van der Waals surface area contributed by atoms with E-state index in [0.717, 1.165) is 12.1 Å². The Labute approximate surface area is 143 Å². The van der Waals surface area contributed by atoms with Crippen LogP contribution in [0.3, 0.4) is 0 Å². The Morgan fingerprint density at radius 2 is 1.80 bits per heavy atom. The number of ether oxygens (including phenoxy) is 1. The smallest absolute Gasteiger partial charge is 0.411 e. The Hall–Kier alpha value is -3.42. The number of hydrogen-bond donors (Lipinski definition) is 3. The molecule has 2 aromatic carbocycles. The first-order chi connectivity index (χ1) is 11.9. The van der Waals surface area contributed by atoms with Crippen molar-refractivity contribution in [3.63, 3.8) is 0 Å². The molecule has 0 radical (unpaired) electrons. The normalized spacial score (nSPS) is 10.0. The van der Waals surface area contributed by atoms with Crippen LogP contribution in [0.25, 0.3) is 0 Å². The van der Waals surface area contributed by atoms with Crippen molar-refractivity contribution in [2.24, 2.45) is 5.73 Å². The van der Waals surface area contributed by atoms with Crippen LogP contribution in [0.4, 0.5) is 20.6 Å². The van der Waals surface area contributed by atoms with Gasteiger partial charge in [-0.2, -0.15) is 0 Å². The molecule has 0 aliphatic carbocycles. The third-order valence-corrected chi connectivity index (χ3v) is 3.14. The Morgan fingerprint density at radius 3 is 2.48 bits per heavy atom. The number of nitrogens with one attached hydrogen (secondary N) is 2. The van der Waals surface area contributed by atoms with Crippen molar-refractivity contribution < 1.29 is 23.5 Å². The number of anilines is 2. The predicted molar refractivity (Wildman–Crippen MR) is 90.0 cm³/mol. The molecule has 0 saturated carbocycles. The number of rotatable bonds is 5. The minimum absolute atomic E-state index is 0.212. The molecule has 4 N–H and O–H groups in total. The molecule has 8 heteroatoms. The number of nitrogens with two attached hydrogens (primary N) is 1. The van der Waals surface area contributed by atoms with Gasteiger partial charge in [0.15, 0.2) is 0 Å². The molecular weight excluding hydrogens is 329 g/mol. The second-order valence-electron chi connectivity index (χ2n) is 4.94. The van der Waals surface area contributed by atoms with E-state index in [0.29, 0.717) is 5.69 Å². The lowest BCUT2D eigenvalue weighted by atomic mass is 10.1. The summed E-state index contributed by atoms with van der Waals surface area (Å²) in [5.74, 6) is -2.21. The van der Waals surface area contributed by atoms with Crippen molar-refractivity contribution in [2.75, 3.05) is 17.2 Å². The Kier molecular flexibility index (Phi) is 5.67. The van der Waals surface area contributed by atoms with E-state index in [1.807, 2.05) is 0 Å². The zero-order valence-electron chi connectivity index (χ0n) is 13.3. The van der Waals surface area contributed by atoms with E-state index in [9.17, 15) is 18.8 Å². The molecule has 7 nitrogen and oxygen atoms in total. The fraction of sp³-hybridized carbons (Fsp3) is 0.118. The summed E-state index contributed by atoms with van der Waals surface area (Å²) in [6, 6.07) is 9.65. The van der Waals surface area contributed by atoms with E-state index < -0.39 is 23.7 Å². The molecule has 2 rings (SSSR count). The molecule has 130 valence electrons. The van der Waals surface area contributed by atoms with Crippen LogP contribution in [-0.4, -0.2) is 24.5 Å². The monoisotopic (exact) mass is 345 g/mol. The highest BCUT2D eigenvalue weighted by molar-refractivity contribution is 6.06. The summed E-state index contributed by atoms with van der Waals surface area (Å²) in [4.78, 5) is 34.8. The first-order valence-electron chi connectivity index (χ1n) is 7.35. The van der Waals surface area contributed by atoms with Gasteiger partial charge >= 0.3 is 6.09 Å². The zero-order chi connectivity index (χ0) is 18.4. The summed E-state index contributed by atoms with van der Waals surface area (Å²) in [7, 11) is 0. The Balaban J connectivity index is 2.15. The molecule has 0 aliphatic heterocycles. The van der Waals surface area contributed by atoms with Gasteiger partial charge in [-0.05, 0) is 43.3 Å². The number of benzene rings is 2. The Bertz CT molecular complexity index is 823. The average molecular weight is 345 g/mol. The lowest BCUT2D eigenvalue weighted by molar-refractivity contribution is 0.0992. The van der Waals surface area contributed by atoms with Crippen LogP contribution in [0.2, 0.25) is 0 Å². The molecule has 0 spiro atoms. The van der Waals surface area contributed by atoms with Gasteiger partial charge in [-0.25, -0.2) is 9.18 Å². The highest BCUT2D eigenvalue weighted by Crippen LogP contribution is 2.17. The van der Waals surface area contributed by atoms with Crippen molar-refractivity contribution in [3.05, 3.63) is 59.4 Å². The maximum absolute atomic E-state index is 13.5. The van der Waals surface area contributed by atoms with Gasteiger partial charge in [0.05, 0.1) is 12.2 Å². The van der Waals surface area contributed by atoms with Gasteiger partial charge < -0.3 is 15.8 Å². The lowest BCUT2D eigenvalue weighted by Gasteiger charge is -2.09. The van der Waals surface area contributed by atoms with Gasteiger partial charge in [0, 0.05) is 16.9 Å². The number of halogens is 1. The molecule has 0 atom stereocenters. The van der Waals surface area contributed by atoms with Crippen molar-refractivity contribution in [3.8, 4) is 0 Å². The van der Waals surface area contributed by atoms with E-state index in [1.54, 1.807) is 19.1 Å². The maximum Gasteiger partial charge on any atom is 0.411 e.